The zero-order chi connectivity index (χ0) is 17.3. The number of thiophene rings is 1. The van der Waals surface area contributed by atoms with Gasteiger partial charge in [-0.25, -0.2) is 9.36 Å². The van der Waals surface area contributed by atoms with Crippen LogP contribution in [0.25, 0.3) is 10.7 Å². The standard InChI is InChI=1S/C16H14ClN3O3S/c1-9-6-10(2)14(11(17)7-9)18-13(21)8-20-15(19-23-16(20)22)12-4-3-5-24-12/h3-7H,8H2,1-2H3,(H,18,21). The number of carbonyl (C=O) groups excluding carboxylic acids is 1. The van der Waals surface area contributed by atoms with E-state index in [0.717, 1.165) is 16.0 Å². The molecule has 1 aromatic carbocycles. The smallest absolute Gasteiger partial charge is 0.323 e. The van der Waals surface area contributed by atoms with Gasteiger partial charge in [0.1, 0.15) is 6.54 Å². The summed E-state index contributed by atoms with van der Waals surface area (Å²) in [6, 6.07) is 7.33. The van der Waals surface area contributed by atoms with Crippen molar-refractivity contribution >= 4 is 34.5 Å². The van der Waals surface area contributed by atoms with Crippen LogP contribution in [0.3, 0.4) is 0 Å². The van der Waals surface area contributed by atoms with Crippen molar-refractivity contribution in [2.45, 2.75) is 20.4 Å². The fourth-order valence-corrected chi connectivity index (χ4v) is 3.47. The summed E-state index contributed by atoms with van der Waals surface area (Å²) in [7, 11) is 0. The molecule has 3 aromatic rings. The van der Waals surface area contributed by atoms with E-state index < -0.39 is 5.76 Å². The lowest BCUT2D eigenvalue weighted by molar-refractivity contribution is -0.116. The number of nitrogens with one attached hydrogen (secondary N) is 1. The molecule has 6 nitrogen and oxygen atoms in total. The average molecular weight is 364 g/mol. The molecule has 0 aliphatic rings. The van der Waals surface area contributed by atoms with Crippen molar-refractivity contribution in [2.75, 3.05) is 5.32 Å². The van der Waals surface area contributed by atoms with Crippen molar-refractivity contribution in [3.05, 3.63) is 56.3 Å². The fourth-order valence-electron chi connectivity index (χ4n) is 2.39. The molecule has 24 heavy (non-hydrogen) atoms. The summed E-state index contributed by atoms with van der Waals surface area (Å²) in [6.07, 6.45) is 0. The summed E-state index contributed by atoms with van der Waals surface area (Å²) >= 11 is 7.60. The normalized spacial score (nSPS) is 10.8. The molecule has 1 N–H and O–H groups in total. The molecule has 3 rings (SSSR count). The molecule has 0 spiro atoms. The highest BCUT2D eigenvalue weighted by Crippen LogP contribution is 2.27. The molecule has 0 fully saturated rings. The highest BCUT2D eigenvalue weighted by molar-refractivity contribution is 7.13. The van der Waals surface area contributed by atoms with E-state index in [2.05, 4.69) is 10.5 Å². The van der Waals surface area contributed by atoms with Gasteiger partial charge < -0.3 is 5.32 Å². The molecular weight excluding hydrogens is 350 g/mol. The SMILES string of the molecule is Cc1cc(C)c(NC(=O)Cn2c(-c3cccs3)noc2=O)c(Cl)c1. The first-order valence-corrected chi connectivity index (χ1v) is 8.38. The van der Waals surface area contributed by atoms with Gasteiger partial charge in [0.15, 0.2) is 5.82 Å². The molecule has 0 atom stereocenters. The van der Waals surface area contributed by atoms with Gasteiger partial charge in [-0.1, -0.05) is 28.9 Å². The molecule has 1 amide bonds. The third kappa shape index (κ3) is 3.27. The maximum absolute atomic E-state index is 12.3. The largest absolute Gasteiger partial charge is 0.442 e. The number of rotatable bonds is 4. The molecular formula is C16H14ClN3O3S. The summed E-state index contributed by atoms with van der Waals surface area (Å²) in [4.78, 5) is 24.9. The Morgan fingerprint density at radius 2 is 2.21 bits per heavy atom. The maximum atomic E-state index is 12.3. The number of amides is 1. The number of nitrogens with zero attached hydrogens (tertiary/aromatic N) is 2. The summed E-state index contributed by atoms with van der Waals surface area (Å²) in [5.74, 6) is -0.732. The van der Waals surface area contributed by atoms with Crippen LogP contribution in [0, 0.1) is 13.8 Å². The van der Waals surface area contributed by atoms with Crippen LogP contribution >= 0.6 is 22.9 Å². The number of anilines is 1. The van der Waals surface area contributed by atoms with Gasteiger partial charge in [-0.3, -0.25) is 9.32 Å². The number of hydrogen-bond acceptors (Lipinski definition) is 5. The number of hydrogen-bond donors (Lipinski definition) is 1. The van der Waals surface area contributed by atoms with Crippen LogP contribution in [0.1, 0.15) is 11.1 Å². The first kappa shape index (κ1) is 16.5. The van der Waals surface area contributed by atoms with Gasteiger partial charge in [0.05, 0.1) is 15.6 Å². The average Bonchev–Trinajstić information content (AvgIpc) is 3.14. The van der Waals surface area contributed by atoms with E-state index in [9.17, 15) is 9.59 Å². The Hall–Kier alpha value is -2.38. The first-order valence-electron chi connectivity index (χ1n) is 7.12. The number of aromatic nitrogens is 2. The zero-order valence-corrected chi connectivity index (χ0v) is 14.6. The topological polar surface area (TPSA) is 77.1 Å². The lowest BCUT2D eigenvalue weighted by Crippen LogP contribution is -2.25. The number of benzene rings is 1. The highest BCUT2D eigenvalue weighted by atomic mass is 35.5. The molecule has 0 saturated heterocycles. The third-order valence-electron chi connectivity index (χ3n) is 3.43. The second-order valence-electron chi connectivity index (χ2n) is 5.32. The van der Waals surface area contributed by atoms with E-state index in [1.165, 1.54) is 15.9 Å². The number of aryl methyl sites for hydroxylation is 2. The van der Waals surface area contributed by atoms with Crippen LogP contribution < -0.4 is 11.1 Å². The second kappa shape index (κ2) is 6.62. The molecule has 124 valence electrons. The van der Waals surface area contributed by atoms with Crippen molar-refractivity contribution in [3.63, 3.8) is 0 Å². The Balaban J connectivity index is 1.84. The van der Waals surface area contributed by atoms with Crippen molar-refractivity contribution < 1.29 is 9.32 Å². The Morgan fingerprint density at radius 3 is 2.88 bits per heavy atom. The number of carbonyl (C=O) groups is 1. The molecule has 8 heteroatoms. The Kier molecular flexibility index (Phi) is 4.55. The van der Waals surface area contributed by atoms with Crippen molar-refractivity contribution in [2.24, 2.45) is 0 Å². The van der Waals surface area contributed by atoms with E-state index in [0.29, 0.717) is 16.5 Å². The van der Waals surface area contributed by atoms with Gasteiger partial charge in [-0.05, 0) is 42.5 Å². The highest BCUT2D eigenvalue weighted by Gasteiger charge is 2.17. The minimum atomic E-state index is -0.680. The summed E-state index contributed by atoms with van der Waals surface area (Å²) in [5, 5.41) is 8.80. The molecule has 0 aliphatic heterocycles. The predicted octanol–water partition coefficient (Wildman–Crippen LogP) is 3.47. The van der Waals surface area contributed by atoms with E-state index in [4.69, 9.17) is 16.1 Å². The molecule has 0 unspecified atom stereocenters. The van der Waals surface area contributed by atoms with Gasteiger partial charge in [0.2, 0.25) is 5.91 Å². The van der Waals surface area contributed by atoms with E-state index in [1.807, 2.05) is 31.4 Å². The summed E-state index contributed by atoms with van der Waals surface area (Å²) < 4.78 is 5.88. The maximum Gasteiger partial charge on any atom is 0.442 e. The van der Waals surface area contributed by atoms with Gasteiger partial charge in [0.25, 0.3) is 0 Å². The van der Waals surface area contributed by atoms with Crippen LogP contribution in [-0.2, 0) is 11.3 Å². The molecule has 2 heterocycles. The van der Waals surface area contributed by atoms with E-state index >= 15 is 0 Å². The third-order valence-corrected chi connectivity index (χ3v) is 4.59. The minimum Gasteiger partial charge on any atom is -0.323 e. The molecule has 2 aromatic heterocycles. The Bertz CT molecular complexity index is 921. The van der Waals surface area contributed by atoms with Gasteiger partial charge in [0, 0.05) is 0 Å². The fraction of sp³-hybridized carbons (Fsp3) is 0.188. The van der Waals surface area contributed by atoms with E-state index in [1.54, 1.807) is 12.1 Å². The van der Waals surface area contributed by atoms with Crippen LogP contribution in [0.15, 0.2) is 39.0 Å². The summed E-state index contributed by atoms with van der Waals surface area (Å²) in [6.45, 7) is 3.57. The quantitative estimate of drug-likeness (QED) is 0.769. The lowest BCUT2D eigenvalue weighted by atomic mass is 10.1. The van der Waals surface area contributed by atoms with Crippen molar-refractivity contribution in [3.8, 4) is 10.7 Å². The van der Waals surface area contributed by atoms with Crippen LogP contribution in [0.2, 0.25) is 5.02 Å². The monoisotopic (exact) mass is 363 g/mol. The molecule has 0 bridgehead atoms. The molecule has 0 radical (unpaired) electrons. The van der Waals surface area contributed by atoms with Crippen LogP contribution in [-0.4, -0.2) is 15.6 Å². The van der Waals surface area contributed by atoms with E-state index in [-0.39, 0.29) is 12.5 Å². The van der Waals surface area contributed by atoms with Crippen LogP contribution in [0.5, 0.6) is 0 Å². The molecule has 0 saturated carbocycles. The van der Waals surface area contributed by atoms with Gasteiger partial charge in [-0.2, -0.15) is 0 Å². The minimum absolute atomic E-state index is 0.209. The van der Waals surface area contributed by atoms with Gasteiger partial charge in [-0.15, -0.1) is 11.3 Å². The van der Waals surface area contributed by atoms with Crippen molar-refractivity contribution in [1.29, 1.82) is 0 Å². The summed E-state index contributed by atoms with van der Waals surface area (Å²) in [5.41, 5.74) is 2.39. The predicted molar refractivity (Wildman–Crippen MR) is 93.6 cm³/mol. The van der Waals surface area contributed by atoms with Crippen molar-refractivity contribution in [1.82, 2.24) is 9.72 Å². The van der Waals surface area contributed by atoms with Gasteiger partial charge >= 0.3 is 5.76 Å². The Morgan fingerprint density at radius 1 is 1.42 bits per heavy atom. The van der Waals surface area contributed by atoms with Crippen LogP contribution in [0.4, 0.5) is 5.69 Å². The Labute approximate surface area is 146 Å². The lowest BCUT2D eigenvalue weighted by Gasteiger charge is -2.11. The first-order chi connectivity index (χ1) is 11.5. The zero-order valence-electron chi connectivity index (χ0n) is 13.0. The molecule has 0 aliphatic carbocycles. The second-order valence-corrected chi connectivity index (χ2v) is 6.68. The number of halogens is 1.